The highest BCUT2D eigenvalue weighted by molar-refractivity contribution is 7.80. The minimum Gasteiger partial charge on any atom is -0.358 e. The summed E-state index contributed by atoms with van der Waals surface area (Å²) < 4.78 is 1.86. The molecule has 1 saturated carbocycles. The van der Waals surface area contributed by atoms with Gasteiger partial charge in [-0.3, -0.25) is 10.1 Å². The van der Waals surface area contributed by atoms with Crippen LogP contribution >= 0.6 is 12.2 Å². The van der Waals surface area contributed by atoms with E-state index in [1.807, 2.05) is 25.6 Å². The van der Waals surface area contributed by atoms with Gasteiger partial charge in [-0.2, -0.15) is 10.2 Å². The molecule has 1 fully saturated rings. The smallest absolute Gasteiger partial charge is 0.187 e. The lowest BCUT2D eigenvalue weighted by atomic mass is 9.86. The third-order valence-corrected chi connectivity index (χ3v) is 4.56. The largest absolute Gasteiger partial charge is 0.358 e. The van der Waals surface area contributed by atoms with Crippen molar-refractivity contribution in [1.29, 1.82) is 0 Å². The molecule has 1 aromatic rings. The summed E-state index contributed by atoms with van der Waals surface area (Å²) in [5, 5.41) is 12.6. The first-order valence-corrected chi connectivity index (χ1v) is 7.99. The van der Waals surface area contributed by atoms with E-state index in [9.17, 15) is 0 Å². The van der Waals surface area contributed by atoms with Crippen molar-refractivity contribution in [1.82, 2.24) is 20.5 Å². The van der Waals surface area contributed by atoms with Crippen LogP contribution in [0.4, 0.5) is 0 Å². The number of aromatic nitrogens is 2. The van der Waals surface area contributed by atoms with Crippen LogP contribution in [0, 0.1) is 19.8 Å². The average molecular weight is 307 g/mol. The zero-order valence-corrected chi connectivity index (χ0v) is 14.1. The quantitative estimate of drug-likeness (QED) is 0.511. The minimum atomic E-state index is 0.468. The molecule has 1 aliphatic rings. The molecule has 0 bridgehead atoms. The van der Waals surface area contributed by atoms with Crippen LogP contribution in [0.25, 0.3) is 0 Å². The van der Waals surface area contributed by atoms with E-state index in [2.05, 4.69) is 27.9 Å². The Bertz CT molecular complexity index is 534. The molecule has 6 heteroatoms. The molecular formula is C15H25N5S. The summed E-state index contributed by atoms with van der Waals surface area (Å²) in [5.41, 5.74) is 6.02. The van der Waals surface area contributed by atoms with Gasteiger partial charge in [-0.25, -0.2) is 0 Å². The Hall–Kier alpha value is -1.43. The number of hydrazone groups is 1. The van der Waals surface area contributed by atoms with E-state index in [-0.39, 0.29) is 0 Å². The maximum atomic E-state index is 5.32. The highest BCUT2D eigenvalue weighted by Crippen LogP contribution is 2.23. The maximum absolute atomic E-state index is 5.32. The molecule has 0 aliphatic heterocycles. The molecule has 1 aliphatic carbocycles. The monoisotopic (exact) mass is 307 g/mol. The van der Waals surface area contributed by atoms with Crippen molar-refractivity contribution in [2.24, 2.45) is 18.1 Å². The summed E-state index contributed by atoms with van der Waals surface area (Å²) in [4.78, 5) is 0. The van der Waals surface area contributed by atoms with E-state index in [0.717, 1.165) is 17.0 Å². The Morgan fingerprint density at radius 2 is 2.10 bits per heavy atom. The van der Waals surface area contributed by atoms with Crippen LogP contribution in [0.15, 0.2) is 5.10 Å². The molecule has 0 aromatic carbocycles. The van der Waals surface area contributed by atoms with Gasteiger partial charge in [0, 0.05) is 24.3 Å². The fourth-order valence-corrected chi connectivity index (χ4v) is 3.07. The molecule has 1 heterocycles. The minimum absolute atomic E-state index is 0.468. The third-order valence-electron chi connectivity index (χ3n) is 4.35. The summed E-state index contributed by atoms with van der Waals surface area (Å²) in [6.07, 6.45) is 6.86. The van der Waals surface area contributed by atoms with Gasteiger partial charge in [0.05, 0.1) is 11.9 Å². The first-order valence-electron chi connectivity index (χ1n) is 7.58. The van der Waals surface area contributed by atoms with Crippen molar-refractivity contribution in [3.8, 4) is 0 Å². The van der Waals surface area contributed by atoms with Crippen LogP contribution in [0.3, 0.4) is 0 Å². The summed E-state index contributed by atoms with van der Waals surface area (Å²) in [6, 6.07) is 0.468. The van der Waals surface area contributed by atoms with Gasteiger partial charge in [0.1, 0.15) is 0 Å². The lowest BCUT2D eigenvalue weighted by Crippen LogP contribution is -2.44. The van der Waals surface area contributed by atoms with Crippen LogP contribution in [-0.4, -0.2) is 27.1 Å². The Morgan fingerprint density at radius 1 is 1.38 bits per heavy atom. The molecule has 2 atom stereocenters. The van der Waals surface area contributed by atoms with Crippen molar-refractivity contribution in [2.75, 3.05) is 0 Å². The van der Waals surface area contributed by atoms with Gasteiger partial charge in [0.25, 0.3) is 0 Å². The molecule has 21 heavy (non-hydrogen) atoms. The van der Waals surface area contributed by atoms with Crippen LogP contribution in [-0.2, 0) is 7.05 Å². The Kier molecular flexibility index (Phi) is 5.33. The summed E-state index contributed by atoms with van der Waals surface area (Å²) in [5.74, 6) is 0.672. The highest BCUT2D eigenvalue weighted by atomic mass is 32.1. The Morgan fingerprint density at radius 3 is 2.71 bits per heavy atom. The number of hydrogen-bond donors (Lipinski definition) is 2. The SMILES string of the molecule is Cc1nn(C)c(C)c1/C=N\NC(=S)N[C@@H]1CCCC[C@@H]1C. The lowest BCUT2D eigenvalue weighted by Gasteiger charge is -2.30. The zero-order valence-electron chi connectivity index (χ0n) is 13.3. The van der Waals surface area contributed by atoms with Crippen LogP contribution in [0.1, 0.15) is 49.6 Å². The van der Waals surface area contributed by atoms with E-state index in [0.29, 0.717) is 17.1 Å². The van der Waals surface area contributed by atoms with Gasteiger partial charge in [-0.1, -0.05) is 19.8 Å². The fourth-order valence-electron chi connectivity index (χ4n) is 2.86. The number of nitrogens with zero attached hydrogens (tertiary/aromatic N) is 3. The van der Waals surface area contributed by atoms with Crippen molar-refractivity contribution in [3.05, 3.63) is 17.0 Å². The number of rotatable bonds is 3. The molecular weight excluding hydrogens is 282 g/mol. The average Bonchev–Trinajstić information content (AvgIpc) is 2.68. The Labute approximate surface area is 132 Å². The Balaban J connectivity index is 1.87. The predicted molar refractivity (Wildman–Crippen MR) is 90.6 cm³/mol. The maximum Gasteiger partial charge on any atom is 0.187 e. The first-order chi connectivity index (χ1) is 9.99. The predicted octanol–water partition coefficient (Wildman–Crippen LogP) is 2.41. The molecule has 2 N–H and O–H groups in total. The van der Waals surface area contributed by atoms with Crippen molar-refractivity contribution < 1.29 is 0 Å². The lowest BCUT2D eigenvalue weighted by molar-refractivity contribution is 0.308. The highest BCUT2D eigenvalue weighted by Gasteiger charge is 2.21. The van der Waals surface area contributed by atoms with Crippen LogP contribution < -0.4 is 10.7 Å². The summed E-state index contributed by atoms with van der Waals surface area (Å²) >= 11 is 5.32. The molecule has 2 rings (SSSR count). The van der Waals surface area contributed by atoms with Gasteiger partial charge in [-0.15, -0.1) is 0 Å². The van der Waals surface area contributed by atoms with Gasteiger partial charge >= 0.3 is 0 Å². The molecule has 0 spiro atoms. The van der Waals surface area contributed by atoms with Gasteiger partial charge < -0.3 is 5.32 Å². The molecule has 0 radical (unpaired) electrons. The molecule has 5 nitrogen and oxygen atoms in total. The third kappa shape index (κ3) is 4.03. The van der Waals surface area contributed by atoms with E-state index < -0.39 is 0 Å². The number of hydrogen-bond acceptors (Lipinski definition) is 3. The van der Waals surface area contributed by atoms with E-state index in [4.69, 9.17) is 12.2 Å². The topological polar surface area (TPSA) is 54.2 Å². The number of thiocarbonyl (C=S) groups is 1. The van der Waals surface area contributed by atoms with E-state index in [1.54, 1.807) is 6.21 Å². The molecule has 0 amide bonds. The summed E-state index contributed by atoms with van der Waals surface area (Å²) in [6.45, 7) is 6.29. The zero-order chi connectivity index (χ0) is 15.4. The normalized spacial score (nSPS) is 22.5. The first kappa shape index (κ1) is 15.9. The molecule has 1 aromatic heterocycles. The summed E-state index contributed by atoms with van der Waals surface area (Å²) in [7, 11) is 1.93. The fraction of sp³-hybridized carbons (Fsp3) is 0.667. The van der Waals surface area contributed by atoms with Crippen molar-refractivity contribution in [3.63, 3.8) is 0 Å². The standard InChI is InChI=1S/C15H25N5S/c1-10-7-5-6-8-14(10)17-15(21)18-16-9-13-11(2)19-20(4)12(13)3/h9-10,14H,5-8H2,1-4H3,(H2,17,18,21)/b16-9-/t10-,14+/m0/s1. The number of aryl methyl sites for hydroxylation is 2. The van der Waals surface area contributed by atoms with Crippen LogP contribution in [0.2, 0.25) is 0 Å². The molecule has 0 unspecified atom stereocenters. The van der Waals surface area contributed by atoms with E-state index >= 15 is 0 Å². The molecule has 116 valence electrons. The van der Waals surface area contributed by atoms with Gasteiger partial charge in [0.15, 0.2) is 5.11 Å². The van der Waals surface area contributed by atoms with Crippen molar-refractivity contribution >= 4 is 23.5 Å². The second kappa shape index (κ2) is 7.02. The van der Waals surface area contributed by atoms with E-state index in [1.165, 1.54) is 25.7 Å². The van der Waals surface area contributed by atoms with Gasteiger partial charge in [0.2, 0.25) is 0 Å². The number of nitrogens with one attached hydrogen (secondary N) is 2. The van der Waals surface area contributed by atoms with Crippen LogP contribution in [0.5, 0.6) is 0 Å². The van der Waals surface area contributed by atoms with Crippen molar-refractivity contribution in [2.45, 2.75) is 52.5 Å². The second-order valence-electron chi connectivity index (χ2n) is 5.92. The van der Waals surface area contributed by atoms with Gasteiger partial charge in [-0.05, 0) is 44.8 Å². The second-order valence-corrected chi connectivity index (χ2v) is 6.33. The molecule has 0 saturated heterocycles.